The number of halogens is 1. The zero-order valence-electron chi connectivity index (χ0n) is 3.85. The normalized spacial score (nSPS) is 13.0. The Kier molecular flexibility index (Phi) is 2.29. The van der Waals surface area contributed by atoms with Crippen LogP contribution in [0.5, 0.6) is 0 Å². The van der Waals surface area contributed by atoms with Crippen LogP contribution in [-0.4, -0.2) is 19.4 Å². The van der Waals surface area contributed by atoms with Crippen molar-refractivity contribution in [2.45, 2.75) is 6.30 Å². The third-order valence-corrected chi connectivity index (χ3v) is 0.426. The minimum atomic E-state index is -2.00. The van der Waals surface area contributed by atoms with E-state index >= 15 is 0 Å². The molecular weight excluding hydrogens is 101 g/mol. The molecule has 0 saturated carbocycles. The summed E-state index contributed by atoms with van der Waals surface area (Å²) in [5, 5.41) is 0. The number of carbonyl (C=O) groups is 1. The summed E-state index contributed by atoms with van der Waals surface area (Å²) >= 11 is 0. The summed E-state index contributed by atoms with van der Waals surface area (Å²) in [5.41, 5.74) is 4.41. The van der Waals surface area contributed by atoms with Gasteiger partial charge in [0.05, 0.1) is 7.11 Å². The molecule has 0 aliphatic carbocycles. The van der Waals surface area contributed by atoms with Gasteiger partial charge >= 0.3 is 5.97 Å². The molecule has 0 aromatic rings. The summed E-state index contributed by atoms with van der Waals surface area (Å²) < 4.78 is 15.3. The molecule has 0 aromatic heterocycles. The zero-order chi connectivity index (χ0) is 5.86. The van der Waals surface area contributed by atoms with E-state index in [4.69, 9.17) is 0 Å². The topological polar surface area (TPSA) is 52.3 Å². The largest absolute Gasteiger partial charge is 0.466 e. The quantitative estimate of drug-likeness (QED) is 0.360. The van der Waals surface area contributed by atoms with Crippen molar-refractivity contribution in [2.75, 3.05) is 7.11 Å². The Morgan fingerprint density at radius 2 is 2.43 bits per heavy atom. The lowest BCUT2D eigenvalue weighted by Gasteiger charge is -1.94. The molecule has 0 fully saturated rings. The Morgan fingerprint density at radius 3 is 2.43 bits per heavy atom. The first-order valence-corrected chi connectivity index (χ1v) is 1.66. The maximum absolute atomic E-state index is 11.4. The molecule has 3 nitrogen and oxygen atoms in total. The number of methoxy groups -OCH3 is 1. The van der Waals surface area contributed by atoms with Crippen LogP contribution in [0.2, 0.25) is 0 Å². The van der Waals surface area contributed by atoms with E-state index in [0.717, 1.165) is 7.11 Å². The van der Waals surface area contributed by atoms with E-state index in [2.05, 4.69) is 10.5 Å². The maximum atomic E-state index is 11.4. The molecule has 1 atom stereocenters. The van der Waals surface area contributed by atoms with Gasteiger partial charge in [-0.1, -0.05) is 0 Å². The molecule has 7 heavy (non-hydrogen) atoms. The molecule has 0 aromatic carbocycles. The van der Waals surface area contributed by atoms with Gasteiger partial charge in [-0.2, -0.15) is 0 Å². The van der Waals surface area contributed by atoms with Crippen LogP contribution < -0.4 is 5.73 Å². The van der Waals surface area contributed by atoms with Crippen molar-refractivity contribution in [2.24, 2.45) is 5.73 Å². The average Bonchev–Trinajstić information content (AvgIpc) is 1.65. The summed E-state index contributed by atoms with van der Waals surface area (Å²) in [5.74, 6) is -1.04. The Balaban J connectivity index is 3.35. The smallest absolute Gasteiger partial charge is 0.355 e. The zero-order valence-corrected chi connectivity index (χ0v) is 3.85. The predicted molar refractivity (Wildman–Crippen MR) is 21.1 cm³/mol. The van der Waals surface area contributed by atoms with E-state index in [9.17, 15) is 9.18 Å². The first-order chi connectivity index (χ1) is 3.18. The summed E-state index contributed by atoms with van der Waals surface area (Å²) in [7, 11) is 1.07. The van der Waals surface area contributed by atoms with Crippen molar-refractivity contribution in [3.8, 4) is 0 Å². The van der Waals surface area contributed by atoms with Gasteiger partial charge in [-0.25, -0.2) is 9.18 Å². The van der Waals surface area contributed by atoms with Gasteiger partial charge in [-0.15, -0.1) is 0 Å². The van der Waals surface area contributed by atoms with Crippen molar-refractivity contribution in [1.29, 1.82) is 0 Å². The van der Waals surface area contributed by atoms with Crippen LogP contribution in [0.3, 0.4) is 0 Å². The standard InChI is InChI=1S/C3H6FNO2/c1-7-3(6)2(4)5/h2H,5H2,1H3/t2-/m0/s1. The van der Waals surface area contributed by atoms with Crippen molar-refractivity contribution in [3.05, 3.63) is 0 Å². The third kappa shape index (κ3) is 2.11. The Hall–Kier alpha value is -0.640. The highest BCUT2D eigenvalue weighted by molar-refractivity contribution is 5.73. The molecule has 0 aliphatic rings. The molecule has 0 rings (SSSR count). The lowest BCUT2D eigenvalue weighted by Crippen LogP contribution is -2.25. The highest BCUT2D eigenvalue weighted by atomic mass is 19.1. The van der Waals surface area contributed by atoms with Crippen molar-refractivity contribution >= 4 is 5.97 Å². The number of alkyl halides is 1. The molecule has 0 bridgehead atoms. The Bertz CT molecular complexity index is 73.3. The molecule has 4 heteroatoms. The molecule has 0 heterocycles. The summed E-state index contributed by atoms with van der Waals surface area (Å²) in [4.78, 5) is 9.79. The van der Waals surface area contributed by atoms with Crippen LogP contribution in [-0.2, 0) is 9.53 Å². The Labute approximate surface area is 40.2 Å². The van der Waals surface area contributed by atoms with E-state index in [0.29, 0.717) is 0 Å². The van der Waals surface area contributed by atoms with Crippen LogP contribution in [0, 0.1) is 0 Å². The molecule has 0 aliphatic heterocycles. The monoisotopic (exact) mass is 107 g/mol. The van der Waals surface area contributed by atoms with E-state index in [-0.39, 0.29) is 0 Å². The lowest BCUT2D eigenvalue weighted by atomic mass is 10.6. The van der Waals surface area contributed by atoms with Crippen LogP contribution in [0.1, 0.15) is 0 Å². The predicted octanol–water partition coefficient (Wildman–Crippen LogP) is -0.586. The second-order valence-electron chi connectivity index (χ2n) is 0.925. The highest BCUT2D eigenvalue weighted by Gasteiger charge is 2.08. The van der Waals surface area contributed by atoms with Gasteiger partial charge in [-0.05, 0) is 0 Å². The van der Waals surface area contributed by atoms with E-state index in [1.165, 1.54) is 0 Å². The molecule has 42 valence electrons. The van der Waals surface area contributed by atoms with Crippen molar-refractivity contribution in [1.82, 2.24) is 0 Å². The summed E-state index contributed by atoms with van der Waals surface area (Å²) in [6.07, 6.45) is -2.00. The SMILES string of the molecule is COC(=O)[C@H](N)F. The fourth-order valence-corrected chi connectivity index (χ4v) is 0.113. The van der Waals surface area contributed by atoms with E-state index in [1.807, 2.05) is 0 Å². The van der Waals surface area contributed by atoms with Crippen LogP contribution in [0.15, 0.2) is 0 Å². The van der Waals surface area contributed by atoms with Gasteiger partial charge in [0.15, 0.2) is 0 Å². The number of carbonyl (C=O) groups excluding carboxylic acids is 1. The van der Waals surface area contributed by atoms with Gasteiger partial charge in [-0.3, -0.25) is 5.73 Å². The van der Waals surface area contributed by atoms with Crippen LogP contribution >= 0.6 is 0 Å². The van der Waals surface area contributed by atoms with Crippen molar-refractivity contribution < 1.29 is 13.9 Å². The number of hydrogen-bond donors (Lipinski definition) is 1. The minimum Gasteiger partial charge on any atom is -0.466 e. The van der Waals surface area contributed by atoms with E-state index < -0.39 is 12.3 Å². The highest BCUT2D eigenvalue weighted by Crippen LogP contribution is 1.80. The number of esters is 1. The third-order valence-electron chi connectivity index (χ3n) is 0.426. The molecule has 0 amide bonds. The van der Waals surface area contributed by atoms with Gasteiger partial charge in [0.1, 0.15) is 0 Å². The Morgan fingerprint density at radius 1 is 2.00 bits per heavy atom. The number of rotatable bonds is 1. The van der Waals surface area contributed by atoms with Gasteiger partial charge < -0.3 is 4.74 Å². The molecule has 0 spiro atoms. The molecular formula is C3H6FNO2. The second-order valence-corrected chi connectivity index (χ2v) is 0.925. The first kappa shape index (κ1) is 6.36. The molecule has 2 N–H and O–H groups in total. The number of ether oxygens (including phenoxy) is 1. The number of nitrogens with two attached hydrogens (primary N) is 1. The van der Waals surface area contributed by atoms with Crippen LogP contribution in [0.4, 0.5) is 4.39 Å². The molecule has 0 radical (unpaired) electrons. The lowest BCUT2D eigenvalue weighted by molar-refractivity contribution is -0.146. The minimum absolute atomic E-state index is 1.04. The maximum Gasteiger partial charge on any atom is 0.355 e. The fraction of sp³-hybridized carbons (Fsp3) is 0.667. The fourth-order valence-electron chi connectivity index (χ4n) is 0.113. The summed E-state index contributed by atoms with van der Waals surface area (Å²) in [6.45, 7) is 0. The van der Waals surface area contributed by atoms with Crippen LogP contribution in [0.25, 0.3) is 0 Å². The van der Waals surface area contributed by atoms with E-state index in [1.54, 1.807) is 0 Å². The summed E-state index contributed by atoms with van der Waals surface area (Å²) in [6, 6.07) is 0. The first-order valence-electron chi connectivity index (χ1n) is 1.66. The second kappa shape index (κ2) is 2.52. The van der Waals surface area contributed by atoms with Gasteiger partial charge in [0.2, 0.25) is 6.30 Å². The average molecular weight is 107 g/mol. The molecule has 0 unspecified atom stereocenters. The molecule has 0 saturated heterocycles. The number of hydrogen-bond acceptors (Lipinski definition) is 3. The van der Waals surface area contributed by atoms with Gasteiger partial charge in [0, 0.05) is 0 Å². The van der Waals surface area contributed by atoms with Gasteiger partial charge in [0.25, 0.3) is 0 Å². The van der Waals surface area contributed by atoms with Crippen molar-refractivity contribution in [3.63, 3.8) is 0 Å².